The highest BCUT2D eigenvalue weighted by Gasteiger charge is 2.11. The lowest BCUT2D eigenvalue weighted by Crippen LogP contribution is -1.97. The molecule has 0 heterocycles. The van der Waals surface area contributed by atoms with E-state index in [2.05, 4.69) is 45.9 Å². The highest BCUT2D eigenvalue weighted by Crippen LogP contribution is 2.29. The summed E-state index contributed by atoms with van der Waals surface area (Å²) in [6.45, 7) is 8.75. The molecule has 0 nitrogen and oxygen atoms in total. The van der Waals surface area contributed by atoms with E-state index in [0.717, 1.165) is 12.3 Å². The highest BCUT2D eigenvalue weighted by molar-refractivity contribution is 6.20. The second-order valence-electron chi connectivity index (χ2n) is 4.80. The van der Waals surface area contributed by atoms with Crippen molar-refractivity contribution in [3.05, 3.63) is 34.9 Å². The Morgan fingerprint density at radius 1 is 1.13 bits per heavy atom. The van der Waals surface area contributed by atoms with Crippen LogP contribution in [0, 0.1) is 19.8 Å². The minimum atomic E-state index is 0.174. The zero-order valence-corrected chi connectivity index (χ0v) is 10.9. The lowest BCUT2D eigenvalue weighted by molar-refractivity contribution is 0.548. The Bertz CT molecular complexity index is 315. The molecular weight excluding hydrogens is 204 g/mol. The van der Waals surface area contributed by atoms with Crippen molar-refractivity contribution in [3.8, 4) is 0 Å². The molecule has 0 fully saturated rings. The predicted molar refractivity (Wildman–Crippen MR) is 68.6 cm³/mol. The predicted octanol–water partition coefficient (Wildman–Crippen LogP) is 5.02. The molecule has 15 heavy (non-hydrogen) atoms. The Balaban J connectivity index is 2.69. The van der Waals surface area contributed by atoms with Gasteiger partial charge in [-0.3, -0.25) is 0 Å². The molecule has 1 rings (SSSR count). The second kappa shape index (κ2) is 5.55. The molecule has 0 N–H and O–H groups in total. The molecule has 0 amide bonds. The quantitative estimate of drug-likeness (QED) is 0.630. The first-order chi connectivity index (χ1) is 7.00. The molecule has 0 bridgehead atoms. The van der Waals surface area contributed by atoms with Gasteiger partial charge in [-0.1, -0.05) is 37.6 Å². The molecule has 0 saturated carbocycles. The van der Waals surface area contributed by atoms with Crippen LogP contribution < -0.4 is 0 Å². The van der Waals surface area contributed by atoms with Gasteiger partial charge in [0.25, 0.3) is 0 Å². The summed E-state index contributed by atoms with van der Waals surface area (Å²) in [6, 6.07) is 6.52. The Kier molecular flexibility index (Phi) is 4.66. The van der Waals surface area contributed by atoms with E-state index in [1.807, 2.05) is 0 Å². The SMILES string of the molecule is Cc1ccc(C(Cl)CCC(C)C)c(C)c1. The molecule has 0 spiro atoms. The first-order valence-electron chi connectivity index (χ1n) is 5.72. The van der Waals surface area contributed by atoms with Gasteiger partial charge in [0.05, 0.1) is 5.38 Å². The van der Waals surface area contributed by atoms with Gasteiger partial charge in [0, 0.05) is 0 Å². The van der Waals surface area contributed by atoms with Crippen LogP contribution in [0.25, 0.3) is 0 Å². The van der Waals surface area contributed by atoms with Crippen LogP contribution in [0.5, 0.6) is 0 Å². The summed E-state index contributed by atoms with van der Waals surface area (Å²) in [4.78, 5) is 0. The van der Waals surface area contributed by atoms with Crippen LogP contribution in [-0.2, 0) is 0 Å². The Hall–Kier alpha value is -0.490. The van der Waals surface area contributed by atoms with Crippen molar-refractivity contribution < 1.29 is 0 Å². The lowest BCUT2D eigenvalue weighted by atomic mass is 9.98. The summed E-state index contributed by atoms with van der Waals surface area (Å²) in [5.41, 5.74) is 3.92. The van der Waals surface area contributed by atoms with Crippen molar-refractivity contribution in [1.82, 2.24) is 0 Å². The molecule has 0 aliphatic heterocycles. The fourth-order valence-electron chi connectivity index (χ4n) is 1.81. The Morgan fingerprint density at radius 3 is 2.33 bits per heavy atom. The third kappa shape index (κ3) is 3.87. The first kappa shape index (κ1) is 12.6. The minimum absolute atomic E-state index is 0.174. The summed E-state index contributed by atoms with van der Waals surface area (Å²) >= 11 is 6.41. The molecule has 0 radical (unpaired) electrons. The molecule has 1 atom stereocenters. The zero-order chi connectivity index (χ0) is 11.4. The van der Waals surface area contributed by atoms with Gasteiger partial charge >= 0.3 is 0 Å². The van der Waals surface area contributed by atoms with Crippen molar-refractivity contribution in [2.75, 3.05) is 0 Å². The summed E-state index contributed by atoms with van der Waals surface area (Å²) in [5.74, 6) is 0.733. The van der Waals surface area contributed by atoms with E-state index in [9.17, 15) is 0 Å². The number of aryl methyl sites for hydroxylation is 2. The Morgan fingerprint density at radius 2 is 1.80 bits per heavy atom. The van der Waals surface area contributed by atoms with Crippen molar-refractivity contribution in [1.29, 1.82) is 0 Å². The monoisotopic (exact) mass is 224 g/mol. The number of hydrogen-bond donors (Lipinski definition) is 0. The van der Waals surface area contributed by atoms with Crippen molar-refractivity contribution in [2.24, 2.45) is 5.92 Å². The average molecular weight is 225 g/mol. The normalized spacial score (nSPS) is 13.2. The Labute approximate surface area is 98.7 Å². The van der Waals surface area contributed by atoms with Crippen molar-refractivity contribution in [3.63, 3.8) is 0 Å². The van der Waals surface area contributed by atoms with Crippen molar-refractivity contribution >= 4 is 11.6 Å². The smallest absolute Gasteiger partial charge is 0.0587 e. The number of halogens is 1. The molecule has 1 heteroatoms. The second-order valence-corrected chi connectivity index (χ2v) is 5.33. The van der Waals surface area contributed by atoms with E-state index in [1.54, 1.807) is 0 Å². The van der Waals surface area contributed by atoms with E-state index in [-0.39, 0.29) is 5.38 Å². The van der Waals surface area contributed by atoms with Gasteiger partial charge in [-0.2, -0.15) is 0 Å². The number of benzene rings is 1. The van der Waals surface area contributed by atoms with Crippen LogP contribution >= 0.6 is 11.6 Å². The van der Waals surface area contributed by atoms with Gasteiger partial charge in [-0.05, 0) is 43.7 Å². The minimum Gasteiger partial charge on any atom is -0.118 e. The molecule has 0 aliphatic rings. The van der Waals surface area contributed by atoms with E-state index >= 15 is 0 Å². The highest BCUT2D eigenvalue weighted by atomic mass is 35.5. The first-order valence-corrected chi connectivity index (χ1v) is 6.15. The van der Waals surface area contributed by atoms with Crippen molar-refractivity contribution in [2.45, 2.75) is 45.9 Å². The van der Waals surface area contributed by atoms with Crippen LogP contribution in [0.4, 0.5) is 0 Å². The molecule has 0 saturated heterocycles. The summed E-state index contributed by atoms with van der Waals surface area (Å²) in [7, 11) is 0. The number of alkyl halides is 1. The lowest BCUT2D eigenvalue weighted by Gasteiger charge is -2.14. The van der Waals surface area contributed by atoms with Gasteiger partial charge in [-0.15, -0.1) is 11.6 Å². The fourth-order valence-corrected chi connectivity index (χ4v) is 2.18. The van der Waals surface area contributed by atoms with E-state index < -0.39 is 0 Å². The fraction of sp³-hybridized carbons (Fsp3) is 0.571. The number of rotatable bonds is 4. The molecule has 0 aliphatic carbocycles. The molecule has 84 valence electrons. The summed E-state index contributed by atoms with van der Waals surface area (Å²) in [6.07, 6.45) is 2.27. The number of hydrogen-bond acceptors (Lipinski definition) is 0. The van der Waals surface area contributed by atoms with Crippen LogP contribution in [0.15, 0.2) is 18.2 Å². The van der Waals surface area contributed by atoms with Crippen LogP contribution in [-0.4, -0.2) is 0 Å². The molecule has 1 unspecified atom stereocenters. The van der Waals surface area contributed by atoms with Gasteiger partial charge in [0.2, 0.25) is 0 Å². The average Bonchev–Trinajstić information content (AvgIpc) is 2.14. The molecule has 0 aromatic heterocycles. The van der Waals surface area contributed by atoms with E-state index in [1.165, 1.54) is 23.1 Å². The summed E-state index contributed by atoms with van der Waals surface area (Å²) < 4.78 is 0. The van der Waals surface area contributed by atoms with Crippen LogP contribution in [0.1, 0.15) is 48.8 Å². The third-order valence-corrected chi connectivity index (χ3v) is 3.21. The topological polar surface area (TPSA) is 0 Å². The standard InChI is InChI=1S/C14H21Cl/c1-10(2)5-8-14(15)13-7-6-11(3)9-12(13)4/h6-7,9-10,14H,5,8H2,1-4H3. The van der Waals surface area contributed by atoms with Crippen LogP contribution in [0.3, 0.4) is 0 Å². The summed E-state index contributed by atoms with van der Waals surface area (Å²) in [5, 5.41) is 0.174. The molecule has 1 aromatic carbocycles. The van der Waals surface area contributed by atoms with Gasteiger partial charge in [-0.25, -0.2) is 0 Å². The third-order valence-electron chi connectivity index (χ3n) is 2.76. The maximum Gasteiger partial charge on any atom is 0.0587 e. The maximum absolute atomic E-state index is 6.41. The van der Waals surface area contributed by atoms with Gasteiger partial charge in [0.15, 0.2) is 0 Å². The van der Waals surface area contributed by atoms with Crippen LogP contribution in [0.2, 0.25) is 0 Å². The molecule has 1 aromatic rings. The van der Waals surface area contributed by atoms with E-state index in [0.29, 0.717) is 0 Å². The van der Waals surface area contributed by atoms with Gasteiger partial charge in [0.1, 0.15) is 0 Å². The van der Waals surface area contributed by atoms with Gasteiger partial charge < -0.3 is 0 Å². The largest absolute Gasteiger partial charge is 0.118 e. The molecular formula is C14H21Cl. The maximum atomic E-state index is 6.41. The zero-order valence-electron chi connectivity index (χ0n) is 10.2. The van der Waals surface area contributed by atoms with E-state index in [4.69, 9.17) is 11.6 Å².